The maximum Gasteiger partial charge on any atom is 0.251 e. The van der Waals surface area contributed by atoms with E-state index < -0.39 is 0 Å². The highest BCUT2D eigenvalue weighted by Crippen LogP contribution is 2.16. The Balaban J connectivity index is 0.00000131. The zero-order valence-electron chi connectivity index (χ0n) is 14.6. The Bertz CT molecular complexity index is 863. The maximum absolute atomic E-state index is 12.2. The van der Waals surface area contributed by atoms with Crippen LogP contribution in [0.2, 0.25) is 0 Å². The summed E-state index contributed by atoms with van der Waals surface area (Å²) in [6.07, 6.45) is 3.90. The van der Waals surface area contributed by atoms with Crippen molar-refractivity contribution in [1.82, 2.24) is 20.0 Å². The minimum absolute atomic E-state index is 0. The van der Waals surface area contributed by atoms with E-state index in [2.05, 4.69) is 15.6 Å². The average molecular weight is 409 g/mol. The van der Waals surface area contributed by atoms with E-state index in [4.69, 9.17) is 4.74 Å². The topological polar surface area (TPSA) is 67.7 Å². The lowest BCUT2D eigenvalue weighted by Gasteiger charge is -2.27. The highest BCUT2D eigenvalue weighted by atomic mass is 35.5. The number of benzene rings is 1. The van der Waals surface area contributed by atoms with Crippen LogP contribution < -0.4 is 15.4 Å². The van der Waals surface area contributed by atoms with Gasteiger partial charge in [0, 0.05) is 43.5 Å². The van der Waals surface area contributed by atoms with Crippen molar-refractivity contribution < 1.29 is 9.53 Å². The molecule has 0 spiro atoms. The Hall–Kier alpha value is -2.28. The van der Waals surface area contributed by atoms with Crippen LogP contribution in [0.3, 0.4) is 0 Å². The molecule has 0 bridgehead atoms. The van der Waals surface area contributed by atoms with Crippen molar-refractivity contribution in [3.63, 3.8) is 0 Å². The molecular weight excluding hydrogens is 387 g/mol. The molecule has 0 saturated carbocycles. The van der Waals surface area contributed by atoms with Crippen LogP contribution in [0.25, 0.3) is 5.65 Å². The smallest absolute Gasteiger partial charge is 0.251 e. The SMILES string of the molecule is Cl.Cl.O=C(NCC1CNC1)c1cccc(OCc2cn3ccccc3n2)c1. The number of pyridine rings is 1. The minimum Gasteiger partial charge on any atom is -0.487 e. The first-order chi connectivity index (χ1) is 12.3. The molecule has 3 heterocycles. The number of ether oxygens (including phenoxy) is 1. The van der Waals surface area contributed by atoms with Crippen LogP contribution in [0, 0.1) is 5.92 Å². The molecule has 2 aromatic heterocycles. The number of imidazole rings is 1. The molecule has 1 aliphatic rings. The molecular formula is C19H22Cl2N4O2. The fraction of sp³-hybridized carbons (Fsp3) is 0.263. The molecule has 2 N–H and O–H groups in total. The first-order valence-electron chi connectivity index (χ1n) is 8.42. The summed E-state index contributed by atoms with van der Waals surface area (Å²) in [6, 6.07) is 13.1. The van der Waals surface area contributed by atoms with Gasteiger partial charge in [-0.3, -0.25) is 4.79 Å². The van der Waals surface area contributed by atoms with E-state index in [-0.39, 0.29) is 30.7 Å². The van der Waals surface area contributed by atoms with Crippen molar-refractivity contribution in [2.24, 2.45) is 5.92 Å². The van der Waals surface area contributed by atoms with Gasteiger partial charge in [0.1, 0.15) is 18.0 Å². The average Bonchev–Trinajstić information content (AvgIpc) is 3.02. The van der Waals surface area contributed by atoms with E-state index in [1.54, 1.807) is 12.1 Å². The summed E-state index contributed by atoms with van der Waals surface area (Å²) in [7, 11) is 0. The zero-order valence-corrected chi connectivity index (χ0v) is 16.3. The van der Waals surface area contributed by atoms with Crippen molar-refractivity contribution in [3.05, 3.63) is 66.1 Å². The fourth-order valence-corrected chi connectivity index (χ4v) is 2.77. The number of hydrogen-bond acceptors (Lipinski definition) is 4. The Morgan fingerprint density at radius 3 is 2.81 bits per heavy atom. The van der Waals surface area contributed by atoms with Crippen LogP contribution in [-0.2, 0) is 6.61 Å². The molecule has 8 heteroatoms. The number of amides is 1. The Morgan fingerprint density at radius 1 is 1.22 bits per heavy atom. The molecule has 6 nitrogen and oxygen atoms in total. The van der Waals surface area contributed by atoms with Crippen LogP contribution in [0.1, 0.15) is 16.1 Å². The number of hydrogen-bond donors (Lipinski definition) is 2. The molecule has 4 rings (SSSR count). The van der Waals surface area contributed by atoms with Gasteiger partial charge in [-0.05, 0) is 30.3 Å². The van der Waals surface area contributed by atoms with Crippen LogP contribution in [0.5, 0.6) is 5.75 Å². The number of rotatable bonds is 6. The number of carbonyl (C=O) groups excluding carboxylic acids is 1. The van der Waals surface area contributed by atoms with E-state index in [9.17, 15) is 4.79 Å². The van der Waals surface area contributed by atoms with E-state index in [0.29, 0.717) is 30.4 Å². The van der Waals surface area contributed by atoms with E-state index in [1.165, 1.54) is 0 Å². The molecule has 0 unspecified atom stereocenters. The quantitative estimate of drug-likeness (QED) is 0.657. The number of aromatic nitrogens is 2. The van der Waals surface area contributed by atoms with E-state index >= 15 is 0 Å². The number of nitrogens with one attached hydrogen (secondary N) is 2. The number of carbonyl (C=O) groups is 1. The molecule has 3 aromatic rings. The highest BCUT2D eigenvalue weighted by molar-refractivity contribution is 5.94. The molecule has 0 atom stereocenters. The lowest BCUT2D eigenvalue weighted by molar-refractivity contribution is 0.0941. The second kappa shape index (κ2) is 9.60. The first-order valence-corrected chi connectivity index (χ1v) is 8.42. The molecule has 0 aliphatic carbocycles. The van der Waals surface area contributed by atoms with Gasteiger partial charge in [0.2, 0.25) is 0 Å². The molecule has 1 amide bonds. The van der Waals surface area contributed by atoms with Crippen LogP contribution >= 0.6 is 24.8 Å². The summed E-state index contributed by atoms with van der Waals surface area (Å²) in [4.78, 5) is 16.7. The molecule has 1 aromatic carbocycles. The summed E-state index contributed by atoms with van der Waals surface area (Å²) in [5.41, 5.74) is 2.35. The molecule has 144 valence electrons. The second-order valence-corrected chi connectivity index (χ2v) is 6.25. The summed E-state index contributed by atoms with van der Waals surface area (Å²) < 4.78 is 7.76. The Labute approximate surface area is 170 Å². The van der Waals surface area contributed by atoms with Crippen molar-refractivity contribution in [1.29, 1.82) is 0 Å². The zero-order chi connectivity index (χ0) is 17.1. The summed E-state index contributed by atoms with van der Waals surface area (Å²) in [6.45, 7) is 3.02. The number of halogens is 2. The van der Waals surface area contributed by atoms with Crippen molar-refractivity contribution >= 4 is 36.4 Å². The monoisotopic (exact) mass is 408 g/mol. The van der Waals surface area contributed by atoms with Crippen LogP contribution in [0.4, 0.5) is 0 Å². The lowest BCUT2D eigenvalue weighted by atomic mass is 10.0. The molecule has 27 heavy (non-hydrogen) atoms. The number of nitrogens with zero attached hydrogens (tertiary/aromatic N) is 2. The predicted octanol–water partition coefficient (Wildman–Crippen LogP) is 2.71. The Kier molecular flexibility index (Phi) is 7.47. The van der Waals surface area contributed by atoms with Gasteiger partial charge in [0.05, 0.1) is 5.69 Å². The van der Waals surface area contributed by atoms with Crippen molar-refractivity contribution in [2.75, 3.05) is 19.6 Å². The van der Waals surface area contributed by atoms with Crippen LogP contribution in [0.15, 0.2) is 54.9 Å². The van der Waals surface area contributed by atoms with Gasteiger partial charge >= 0.3 is 0 Å². The molecule has 1 saturated heterocycles. The van der Waals surface area contributed by atoms with Gasteiger partial charge in [0.15, 0.2) is 0 Å². The third-order valence-corrected chi connectivity index (χ3v) is 4.31. The normalized spacial score (nSPS) is 13.2. The van der Waals surface area contributed by atoms with Gasteiger partial charge in [-0.15, -0.1) is 24.8 Å². The number of fused-ring (bicyclic) bond motifs is 1. The molecule has 1 fully saturated rings. The van der Waals surface area contributed by atoms with E-state index in [1.807, 2.05) is 47.1 Å². The van der Waals surface area contributed by atoms with Crippen molar-refractivity contribution in [2.45, 2.75) is 6.61 Å². The van der Waals surface area contributed by atoms with Gasteiger partial charge < -0.3 is 19.8 Å². The third kappa shape index (κ3) is 5.13. The first kappa shape index (κ1) is 21.0. The van der Waals surface area contributed by atoms with Crippen molar-refractivity contribution in [3.8, 4) is 5.75 Å². The maximum atomic E-state index is 12.2. The molecule has 1 aliphatic heterocycles. The molecule has 0 radical (unpaired) electrons. The highest BCUT2D eigenvalue weighted by Gasteiger charge is 2.17. The third-order valence-electron chi connectivity index (χ3n) is 4.31. The van der Waals surface area contributed by atoms with Crippen LogP contribution in [-0.4, -0.2) is 34.9 Å². The fourth-order valence-electron chi connectivity index (χ4n) is 2.77. The minimum atomic E-state index is -0.0647. The van der Waals surface area contributed by atoms with Gasteiger partial charge in [-0.1, -0.05) is 12.1 Å². The Morgan fingerprint density at radius 2 is 2.07 bits per heavy atom. The standard InChI is InChI=1S/C19H20N4O2.2ClH/c24-19(21-11-14-9-20-10-14)15-4-3-5-17(8-15)25-13-16-12-23-7-2-1-6-18(23)22-16;;/h1-8,12,14,20H,9-11,13H2,(H,21,24);2*1H. The predicted molar refractivity (Wildman–Crippen MR) is 109 cm³/mol. The van der Waals surface area contributed by atoms with Gasteiger partial charge in [-0.2, -0.15) is 0 Å². The van der Waals surface area contributed by atoms with Gasteiger partial charge in [0.25, 0.3) is 5.91 Å². The van der Waals surface area contributed by atoms with E-state index in [0.717, 1.165) is 24.4 Å². The van der Waals surface area contributed by atoms with Gasteiger partial charge in [-0.25, -0.2) is 4.98 Å². The summed E-state index contributed by atoms with van der Waals surface area (Å²) in [5, 5.41) is 6.17. The summed E-state index contributed by atoms with van der Waals surface area (Å²) >= 11 is 0. The second-order valence-electron chi connectivity index (χ2n) is 6.25. The summed E-state index contributed by atoms with van der Waals surface area (Å²) in [5.74, 6) is 1.14. The lowest BCUT2D eigenvalue weighted by Crippen LogP contribution is -2.48. The largest absolute Gasteiger partial charge is 0.487 e.